The van der Waals surface area contributed by atoms with Crippen molar-refractivity contribution in [3.8, 4) is 0 Å². The van der Waals surface area contributed by atoms with Crippen molar-refractivity contribution in [2.24, 2.45) is 0 Å². The number of nitrogens with one attached hydrogen (secondary N) is 1. The van der Waals surface area contributed by atoms with Crippen LogP contribution in [0.25, 0.3) is 0 Å². The van der Waals surface area contributed by atoms with E-state index in [0.29, 0.717) is 13.2 Å². The van der Waals surface area contributed by atoms with E-state index in [4.69, 9.17) is 9.47 Å². The topological polar surface area (TPSA) is 47.6 Å². The number of amides is 1. The first-order chi connectivity index (χ1) is 8.65. The molecule has 100 valence electrons. The Labute approximate surface area is 116 Å². The van der Waals surface area contributed by atoms with Gasteiger partial charge in [-0.05, 0) is 18.6 Å². The fourth-order valence-corrected chi connectivity index (χ4v) is 2.12. The van der Waals surface area contributed by atoms with Crippen molar-refractivity contribution in [2.45, 2.75) is 13.0 Å². The van der Waals surface area contributed by atoms with Crippen LogP contribution < -0.4 is 5.32 Å². The van der Waals surface area contributed by atoms with Gasteiger partial charge in [-0.1, -0.05) is 34.1 Å². The largest absolute Gasteiger partial charge is 0.382 e. The molecular formula is C13H18BrNO3. The van der Waals surface area contributed by atoms with Gasteiger partial charge in [0.1, 0.15) is 6.61 Å². The van der Waals surface area contributed by atoms with Crippen LogP contribution in [0.5, 0.6) is 0 Å². The minimum atomic E-state index is -0.130. The van der Waals surface area contributed by atoms with Crippen LogP contribution in [-0.2, 0) is 14.3 Å². The van der Waals surface area contributed by atoms with E-state index in [-0.39, 0.29) is 18.6 Å². The highest BCUT2D eigenvalue weighted by Crippen LogP contribution is 2.22. The van der Waals surface area contributed by atoms with Crippen LogP contribution in [0.2, 0.25) is 0 Å². The highest BCUT2D eigenvalue weighted by molar-refractivity contribution is 9.10. The summed E-state index contributed by atoms with van der Waals surface area (Å²) in [5.41, 5.74) is 1.04. The first kappa shape index (κ1) is 15.1. The molecule has 0 radical (unpaired) electrons. The number of hydrogen-bond acceptors (Lipinski definition) is 3. The summed E-state index contributed by atoms with van der Waals surface area (Å²) < 4.78 is 11.0. The lowest BCUT2D eigenvalue weighted by Crippen LogP contribution is -2.30. The van der Waals surface area contributed by atoms with Crippen molar-refractivity contribution in [1.29, 1.82) is 0 Å². The number of carbonyl (C=O) groups is 1. The Bertz CT molecular complexity index is 384. The quantitative estimate of drug-likeness (QED) is 0.785. The summed E-state index contributed by atoms with van der Waals surface area (Å²) in [4.78, 5) is 11.6. The predicted octanol–water partition coefficient (Wildman–Crippen LogP) is 2.29. The fraction of sp³-hybridized carbons (Fsp3) is 0.462. The van der Waals surface area contributed by atoms with E-state index in [9.17, 15) is 4.79 Å². The van der Waals surface area contributed by atoms with Crippen LogP contribution in [0.3, 0.4) is 0 Å². The smallest absolute Gasteiger partial charge is 0.246 e. The highest BCUT2D eigenvalue weighted by atomic mass is 79.9. The molecule has 0 spiro atoms. The third kappa shape index (κ3) is 5.16. The SMILES string of the molecule is COCCOCC(=O)N[C@H](C)c1ccccc1Br. The van der Waals surface area contributed by atoms with Gasteiger partial charge >= 0.3 is 0 Å². The van der Waals surface area contributed by atoms with Crippen LogP contribution in [0, 0.1) is 0 Å². The Kier molecular flexibility index (Phi) is 6.93. The molecule has 1 aromatic rings. The van der Waals surface area contributed by atoms with E-state index in [2.05, 4.69) is 21.2 Å². The number of ether oxygens (including phenoxy) is 2. The second-order valence-corrected chi connectivity index (χ2v) is 4.71. The van der Waals surface area contributed by atoms with E-state index in [1.807, 2.05) is 31.2 Å². The van der Waals surface area contributed by atoms with Crippen molar-refractivity contribution in [1.82, 2.24) is 5.32 Å². The lowest BCUT2D eigenvalue weighted by Gasteiger charge is -2.15. The summed E-state index contributed by atoms with van der Waals surface area (Å²) in [6, 6.07) is 7.75. The minimum absolute atomic E-state index is 0.0537. The average Bonchev–Trinajstić information content (AvgIpc) is 2.35. The summed E-state index contributed by atoms with van der Waals surface area (Å²) in [5.74, 6) is -0.130. The third-order valence-electron chi connectivity index (χ3n) is 2.41. The molecule has 0 saturated carbocycles. The van der Waals surface area contributed by atoms with E-state index in [1.165, 1.54) is 0 Å². The second-order valence-electron chi connectivity index (χ2n) is 3.86. The number of benzene rings is 1. The molecule has 1 atom stereocenters. The number of rotatable bonds is 7. The van der Waals surface area contributed by atoms with Crippen LogP contribution in [0.4, 0.5) is 0 Å². The van der Waals surface area contributed by atoms with Gasteiger partial charge in [-0.2, -0.15) is 0 Å². The molecule has 0 saturated heterocycles. The van der Waals surface area contributed by atoms with Gasteiger partial charge in [0.05, 0.1) is 19.3 Å². The molecule has 0 aliphatic heterocycles. The van der Waals surface area contributed by atoms with Gasteiger partial charge in [0, 0.05) is 11.6 Å². The van der Waals surface area contributed by atoms with E-state index in [0.717, 1.165) is 10.0 Å². The number of halogens is 1. The number of methoxy groups -OCH3 is 1. The van der Waals surface area contributed by atoms with Crippen LogP contribution >= 0.6 is 15.9 Å². The van der Waals surface area contributed by atoms with Gasteiger partial charge in [-0.15, -0.1) is 0 Å². The third-order valence-corrected chi connectivity index (χ3v) is 3.14. The van der Waals surface area contributed by atoms with Crippen molar-refractivity contribution in [3.05, 3.63) is 34.3 Å². The Morgan fingerprint density at radius 2 is 2.11 bits per heavy atom. The van der Waals surface area contributed by atoms with Gasteiger partial charge in [-0.3, -0.25) is 4.79 Å². The average molecular weight is 316 g/mol. The summed E-state index contributed by atoms with van der Waals surface area (Å²) in [6.45, 7) is 2.91. The Hall–Kier alpha value is -0.910. The van der Waals surface area contributed by atoms with Crippen molar-refractivity contribution >= 4 is 21.8 Å². The van der Waals surface area contributed by atoms with E-state index >= 15 is 0 Å². The molecule has 0 unspecified atom stereocenters. The Morgan fingerprint density at radius 3 is 2.78 bits per heavy atom. The molecule has 4 nitrogen and oxygen atoms in total. The maximum absolute atomic E-state index is 11.6. The number of hydrogen-bond donors (Lipinski definition) is 1. The standard InChI is InChI=1S/C13H18BrNO3/c1-10(11-5-3-4-6-12(11)14)15-13(16)9-18-8-7-17-2/h3-6,10H,7-9H2,1-2H3,(H,15,16)/t10-/m1/s1. The zero-order chi connectivity index (χ0) is 13.4. The molecule has 5 heteroatoms. The molecule has 1 rings (SSSR count). The van der Waals surface area contributed by atoms with Crippen LogP contribution in [0.1, 0.15) is 18.5 Å². The number of carbonyl (C=O) groups excluding carboxylic acids is 1. The molecule has 0 aliphatic rings. The molecule has 0 aromatic heterocycles. The fourth-order valence-electron chi connectivity index (χ4n) is 1.49. The maximum atomic E-state index is 11.6. The molecule has 1 amide bonds. The second kappa shape index (κ2) is 8.24. The van der Waals surface area contributed by atoms with Crippen LogP contribution in [0.15, 0.2) is 28.7 Å². The summed E-state index contributed by atoms with van der Waals surface area (Å²) in [7, 11) is 1.60. The minimum Gasteiger partial charge on any atom is -0.382 e. The Morgan fingerprint density at radius 1 is 1.39 bits per heavy atom. The van der Waals surface area contributed by atoms with Gasteiger partial charge in [0.25, 0.3) is 0 Å². The normalized spacial score (nSPS) is 12.2. The lowest BCUT2D eigenvalue weighted by atomic mass is 10.1. The highest BCUT2D eigenvalue weighted by Gasteiger charge is 2.11. The summed E-state index contributed by atoms with van der Waals surface area (Å²) in [5, 5.41) is 2.88. The van der Waals surface area contributed by atoms with Crippen molar-refractivity contribution in [3.63, 3.8) is 0 Å². The molecule has 1 N–H and O–H groups in total. The van der Waals surface area contributed by atoms with Crippen molar-refractivity contribution in [2.75, 3.05) is 26.9 Å². The molecule has 1 aromatic carbocycles. The molecule has 0 bridgehead atoms. The molecule has 0 fully saturated rings. The zero-order valence-corrected chi connectivity index (χ0v) is 12.2. The van der Waals surface area contributed by atoms with E-state index < -0.39 is 0 Å². The zero-order valence-electron chi connectivity index (χ0n) is 10.6. The Balaban J connectivity index is 2.38. The van der Waals surface area contributed by atoms with Gasteiger partial charge in [0.15, 0.2) is 0 Å². The summed E-state index contributed by atoms with van der Waals surface area (Å²) in [6.07, 6.45) is 0. The molecule has 18 heavy (non-hydrogen) atoms. The van der Waals surface area contributed by atoms with Gasteiger partial charge in [-0.25, -0.2) is 0 Å². The van der Waals surface area contributed by atoms with E-state index in [1.54, 1.807) is 7.11 Å². The first-order valence-electron chi connectivity index (χ1n) is 5.75. The monoisotopic (exact) mass is 315 g/mol. The summed E-state index contributed by atoms with van der Waals surface area (Å²) >= 11 is 3.46. The first-order valence-corrected chi connectivity index (χ1v) is 6.55. The maximum Gasteiger partial charge on any atom is 0.246 e. The molecule has 0 heterocycles. The van der Waals surface area contributed by atoms with Crippen LogP contribution in [-0.4, -0.2) is 32.8 Å². The van der Waals surface area contributed by atoms with Gasteiger partial charge < -0.3 is 14.8 Å². The molecule has 0 aliphatic carbocycles. The lowest BCUT2D eigenvalue weighted by molar-refractivity contribution is -0.126. The van der Waals surface area contributed by atoms with Crippen molar-refractivity contribution < 1.29 is 14.3 Å². The van der Waals surface area contributed by atoms with Gasteiger partial charge in [0.2, 0.25) is 5.91 Å². The predicted molar refractivity (Wildman–Crippen MR) is 73.4 cm³/mol. The molecular weight excluding hydrogens is 298 g/mol.